The molecule has 2 aliphatic rings. The standard InChI is InChI=1S/C12H12N2O4/c15-9-8-5-17-12-13-6-3-1-2-4-7(6)14(12)11(18-8)10(9)16/h1-4,8-11,15-16H,5H2. The van der Waals surface area contributed by atoms with Crippen molar-refractivity contribution in [2.24, 2.45) is 0 Å². The van der Waals surface area contributed by atoms with Gasteiger partial charge in [-0.25, -0.2) is 0 Å². The van der Waals surface area contributed by atoms with Crippen LogP contribution in [0.25, 0.3) is 11.0 Å². The molecule has 2 N–H and O–H groups in total. The van der Waals surface area contributed by atoms with Crippen LogP contribution in [0.4, 0.5) is 0 Å². The molecule has 1 aromatic carbocycles. The number of aromatic nitrogens is 2. The van der Waals surface area contributed by atoms with Gasteiger partial charge in [-0.2, -0.15) is 4.98 Å². The molecule has 6 nitrogen and oxygen atoms in total. The number of ether oxygens (including phenoxy) is 2. The minimum absolute atomic E-state index is 0.193. The second-order valence-electron chi connectivity index (χ2n) is 4.61. The maximum absolute atomic E-state index is 10.0. The Morgan fingerprint density at radius 3 is 2.94 bits per heavy atom. The van der Waals surface area contributed by atoms with Gasteiger partial charge in [0.15, 0.2) is 6.23 Å². The molecule has 2 aliphatic heterocycles. The van der Waals surface area contributed by atoms with E-state index >= 15 is 0 Å². The van der Waals surface area contributed by atoms with E-state index in [-0.39, 0.29) is 6.61 Å². The fourth-order valence-corrected chi connectivity index (χ4v) is 2.61. The van der Waals surface area contributed by atoms with E-state index < -0.39 is 24.5 Å². The second-order valence-corrected chi connectivity index (χ2v) is 4.61. The summed E-state index contributed by atoms with van der Waals surface area (Å²) in [5, 5.41) is 19.9. The van der Waals surface area contributed by atoms with Crippen molar-refractivity contribution in [2.75, 3.05) is 6.61 Å². The van der Waals surface area contributed by atoms with Gasteiger partial charge in [0.05, 0.1) is 11.0 Å². The van der Waals surface area contributed by atoms with E-state index in [2.05, 4.69) is 4.98 Å². The third-order valence-electron chi connectivity index (χ3n) is 3.53. The lowest BCUT2D eigenvalue weighted by atomic mass is 10.1. The molecule has 18 heavy (non-hydrogen) atoms. The lowest BCUT2D eigenvalue weighted by molar-refractivity contribution is -0.0293. The number of imidazole rings is 1. The summed E-state index contributed by atoms with van der Waals surface area (Å²) >= 11 is 0. The van der Waals surface area contributed by atoms with Crippen LogP contribution in [-0.4, -0.2) is 44.7 Å². The summed E-state index contributed by atoms with van der Waals surface area (Å²) in [6, 6.07) is 7.96. The second kappa shape index (κ2) is 3.44. The molecule has 0 aliphatic carbocycles. The number of aliphatic hydroxyl groups excluding tert-OH is 2. The molecule has 94 valence electrons. The molecule has 2 bridgehead atoms. The van der Waals surface area contributed by atoms with Gasteiger partial charge in [-0.1, -0.05) is 12.1 Å². The lowest BCUT2D eigenvalue weighted by Crippen LogP contribution is -2.36. The van der Waals surface area contributed by atoms with Crippen molar-refractivity contribution in [3.63, 3.8) is 0 Å². The highest BCUT2D eigenvalue weighted by Gasteiger charge is 2.47. The predicted molar refractivity (Wildman–Crippen MR) is 61.2 cm³/mol. The van der Waals surface area contributed by atoms with Gasteiger partial charge in [0.2, 0.25) is 0 Å². The highest BCUT2D eigenvalue weighted by Crippen LogP contribution is 2.38. The van der Waals surface area contributed by atoms with Crippen molar-refractivity contribution in [1.82, 2.24) is 9.55 Å². The molecule has 4 unspecified atom stereocenters. The van der Waals surface area contributed by atoms with Crippen molar-refractivity contribution >= 4 is 11.0 Å². The van der Waals surface area contributed by atoms with Gasteiger partial charge in [0, 0.05) is 0 Å². The molecule has 3 heterocycles. The molecule has 0 radical (unpaired) electrons. The Bertz CT molecular complexity index is 611. The summed E-state index contributed by atoms with van der Waals surface area (Å²) < 4.78 is 12.9. The molecule has 1 saturated heterocycles. The Morgan fingerprint density at radius 1 is 1.22 bits per heavy atom. The van der Waals surface area contributed by atoms with Crippen molar-refractivity contribution < 1.29 is 19.7 Å². The molecule has 1 fully saturated rings. The topological polar surface area (TPSA) is 76.7 Å². The Balaban J connectivity index is 1.96. The molecular formula is C12H12N2O4. The van der Waals surface area contributed by atoms with Gasteiger partial charge < -0.3 is 19.7 Å². The smallest absolute Gasteiger partial charge is 0.299 e. The Labute approximate surface area is 102 Å². The average Bonchev–Trinajstić information content (AvgIpc) is 2.80. The first-order valence-corrected chi connectivity index (χ1v) is 5.87. The number of nitrogens with zero attached hydrogens (tertiary/aromatic N) is 2. The summed E-state index contributed by atoms with van der Waals surface area (Å²) in [6.07, 6.45) is -3.04. The summed E-state index contributed by atoms with van der Waals surface area (Å²) in [5.41, 5.74) is 1.61. The Kier molecular flexibility index (Phi) is 1.97. The van der Waals surface area contributed by atoms with Crippen molar-refractivity contribution in [3.05, 3.63) is 24.3 Å². The van der Waals surface area contributed by atoms with Crippen molar-refractivity contribution in [2.45, 2.75) is 24.5 Å². The fraction of sp³-hybridized carbons (Fsp3) is 0.417. The maximum Gasteiger partial charge on any atom is 0.299 e. The predicted octanol–water partition coefficient (Wildman–Crippen LogP) is 0.0479. The summed E-state index contributed by atoms with van der Waals surface area (Å²) in [6.45, 7) is 0.193. The number of hydrogen-bond acceptors (Lipinski definition) is 5. The normalized spacial score (nSPS) is 34.1. The van der Waals surface area contributed by atoms with Gasteiger partial charge in [0.1, 0.15) is 24.9 Å². The highest BCUT2D eigenvalue weighted by atomic mass is 16.6. The molecule has 2 aromatic rings. The van der Waals surface area contributed by atoms with Crippen molar-refractivity contribution in [3.8, 4) is 6.01 Å². The third-order valence-corrected chi connectivity index (χ3v) is 3.53. The van der Waals surface area contributed by atoms with Gasteiger partial charge in [-0.15, -0.1) is 0 Å². The van der Waals surface area contributed by atoms with E-state index in [1.54, 1.807) is 4.57 Å². The van der Waals surface area contributed by atoms with Crippen LogP contribution in [0.5, 0.6) is 6.01 Å². The van der Waals surface area contributed by atoms with Crippen LogP contribution < -0.4 is 4.74 Å². The van der Waals surface area contributed by atoms with E-state index in [0.29, 0.717) is 6.01 Å². The Morgan fingerprint density at radius 2 is 2.06 bits per heavy atom. The van der Waals surface area contributed by atoms with E-state index in [9.17, 15) is 10.2 Å². The van der Waals surface area contributed by atoms with Gasteiger partial charge >= 0.3 is 0 Å². The molecule has 6 heteroatoms. The first kappa shape index (κ1) is 10.3. The zero-order chi connectivity index (χ0) is 12.3. The number of benzene rings is 1. The van der Waals surface area contributed by atoms with E-state index in [0.717, 1.165) is 11.0 Å². The SMILES string of the molecule is OC1C2COc3nc4ccccc4n3C(O2)C1O. The van der Waals surface area contributed by atoms with Crippen LogP contribution in [0.2, 0.25) is 0 Å². The first-order valence-electron chi connectivity index (χ1n) is 5.87. The number of rotatable bonds is 0. The molecule has 4 atom stereocenters. The average molecular weight is 248 g/mol. The number of fused-ring (bicyclic) bond motifs is 6. The van der Waals surface area contributed by atoms with Crippen molar-refractivity contribution in [1.29, 1.82) is 0 Å². The van der Waals surface area contributed by atoms with Gasteiger partial charge in [-0.3, -0.25) is 4.57 Å². The van der Waals surface area contributed by atoms with Crippen LogP contribution in [0, 0.1) is 0 Å². The third kappa shape index (κ3) is 1.19. The van der Waals surface area contributed by atoms with E-state index in [4.69, 9.17) is 9.47 Å². The quantitative estimate of drug-likeness (QED) is 0.688. The largest absolute Gasteiger partial charge is 0.462 e. The maximum atomic E-state index is 10.0. The molecule has 4 rings (SSSR count). The van der Waals surface area contributed by atoms with Crippen LogP contribution in [0.3, 0.4) is 0 Å². The lowest BCUT2D eigenvalue weighted by Gasteiger charge is -2.19. The molecule has 0 spiro atoms. The van der Waals surface area contributed by atoms with Crippen LogP contribution in [0.1, 0.15) is 6.23 Å². The van der Waals surface area contributed by atoms with Crippen LogP contribution >= 0.6 is 0 Å². The number of aliphatic hydroxyl groups is 2. The summed E-state index contributed by atoms with van der Waals surface area (Å²) in [4.78, 5) is 4.36. The van der Waals surface area contributed by atoms with Crippen LogP contribution in [0.15, 0.2) is 24.3 Å². The molecule has 0 saturated carbocycles. The molecular weight excluding hydrogens is 236 g/mol. The van der Waals surface area contributed by atoms with Gasteiger partial charge in [0.25, 0.3) is 6.01 Å². The van der Waals surface area contributed by atoms with E-state index in [1.807, 2.05) is 24.3 Å². The number of para-hydroxylation sites is 2. The highest BCUT2D eigenvalue weighted by molar-refractivity contribution is 5.76. The first-order chi connectivity index (χ1) is 8.75. The Hall–Kier alpha value is -1.63. The number of hydrogen-bond donors (Lipinski definition) is 2. The van der Waals surface area contributed by atoms with Gasteiger partial charge in [-0.05, 0) is 12.1 Å². The summed E-state index contributed by atoms with van der Waals surface area (Å²) in [7, 11) is 0. The molecule has 1 aromatic heterocycles. The monoisotopic (exact) mass is 248 g/mol. The minimum Gasteiger partial charge on any atom is -0.462 e. The summed E-state index contributed by atoms with van der Waals surface area (Å²) in [5.74, 6) is 0. The zero-order valence-corrected chi connectivity index (χ0v) is 9.43. The van der Waals surface area contributed by atoms with Crippen LogP contribution in [-0.2, 0) is 4.74 Å². The minimum atomic E-state index is -0.963. The zero-order valence-electron chi connectivity index (χ0n) is 9.43. The molecule has 0 amide bonds. The fourth-order valence-electron chi connectivity index (χ4n) is 2.61. The van der Waals surface area contributed by atoms with E-state index in [1.165, 1.54) is 0 Å².